The molecule has 1 amide bonds. The van der Waals surface area contributed by atoms with Gasteiger partial charge in [-0.05, 0) is 43.6 Å². The smallest absolute Gasteiger partial charge is 0.221 e. The second-order valence-electron chi connectivity index (χ2n) is 7.71. The van der Waals surface area contributed by atoms with E-state index in [9.17, 15) is 4.79 Å². The fourth-order valence-corrected chi connectivity index (χ4v) is 4.42. The highest BCUT2D eigenvalue weighted by atomic mass is 32.1. The zero-order valence-corrected chi connectivity index (χ0v) is 18.6. The van der Waals surface area contributed by atoms with Crippen molar-refractivity contribution in [2.45, 2.75) is 38.8 Å². The Bertz CT molecular complexity index is 1090. The number of H-pyrrole nitrogens is 1. The second-order valence-corrected chi connectivity index (χ2v) is 9.05. The first-order chi connectivity index (χ1) is 14.4. The number of carbonyl (C=O) groups is 1. The molecule has 0 unspecified atom stereocenters. The maximum Gasteiger partial charge on any atom is 0.221 e. The number of fused-ring (bicyclic) bond motifs is 1. The summed E-state index contributed by atoms with van der Waals surface area (Å²) in [5.74, 6) is 2.23. The Balaban J connectivity index is 1.25. The minimum absolute atomic E-state index is 0.0606. The van der Waals surface area contributed by atoms with E-state index >= 15 is 0 Å². The molecular weight excluding hydrogens is 420 g/mol. The minimum Gasteiger partial charge on any atom is -0.488 e. The lowest BCUT2D eigenvalue weighted by Gasteiger charge is -2.18. The lowest BCUT2D eigenvalue weighted by atomic mass is 10.0. The Morgan fingerprint density at radius 2 is 2.27 bits per heavy atom. The third-order valence-electron chi connectivity index (χ3n) is 4.80. The Morgan fingerprint density at radius 3 is 3.07 bits per heavy atom. The molecule has 3 aromatic rings. The van der Waals surface area contributed by atoms with Gasteiger partial charge in [-0.1, -0.05) is 18.2 Å². The SMILES string of the molecule is CC1(C)Cc2cccc(OCCNC(=O)CCn3c(-c4cccs4)n[nH]c3=S)c2O1. The molecule has 0 fully saturated rings. The lowest BCUT2D eigenvalue weighted by Crippen LogP contribution is -2.29. The van der Waals surface area contributed by atoms with E-state index in [4.69, 9.17) is 21.7 Å². The highest BCUT2D eigenvalue weighted by Gasteiger charge is 2.32. The Hall–Kier alpha value is -2.65. The van der Waals surface area contributed by atoms with Crippen LogP contribution in [0.1, 0.15) is 25.8 Å². The summed E-state index contributed by atoms with van der Waals surface area (Å²) in [4.78, 5) is 13.3. The maximum absolute atomic E-state index is 12.3. The van der Waals surface area contributed by atoms with Crippen molar-refractivity contribution in [1.82, 2.24) is 20.1 Å². The number of para-hydroxylation sites is 1. The van der Waals surface area contributed by atoms with Crippen molar-refractivity contribution < 1.29 is 14.3 Å². The van der Waals surface area contributed by atoms with E-state index in [0.717, 1.165) is 34.2 Å². The number of aromatic amines is 1. The van der Waals surface area contributed by atoms with Gasteiger partial charge in [0.2, 0.25) is 5.91 Å². The molecule has 0 saturated carbocycles. The molecule has 2 aromatic heterocycles. The van der Waals surface area contributed by atoms with Crippen LogP contribution in [0.3, 0.4) is 0 Å². The quantitative estimate of drug-likeness (QED) is 0.406. The number of ether oxygens (including phenoxy) is 2. The Kier molecular flexibility index (Phi) is 5.92. The Morgan fingerprint density at radius 1 is 1.40 bits per heavy atom. The number of aromatic nitrogens is 3. The predicted octanol–water partition coefficient (Wildman–Crippen LogP) is 3.97. The van der Waals surface area contributed by atoms with Gasteiger partial charge in [-0.3, -0.25) is 14.5 Å². The van der Waals surface area contributed by atoms with Crippen LogP contribution in [0.4, 0.5) is 0 Å². The molecule has 7 nitrogen and oxygen atoms in total. The molecule has 0 radical (unpaired) electrons. The van der Waals surface area contributed by atoms with E-state index in [0.29, 0.717) is 30.9 Å². The third-order valence-corrected chi connectivity index (χ3v) is 5.98. The summed E-state index contributed by atoms with van der Waals surface area (Å²) in [5.41, 5.74) is 0.937. The van der Waals surface area contributed by atoms with Crippen LogP contribution >= 0.6 is 23.6 Å². The Labute approximate surface area is 184 Å². The van der Waals surface area contributed by atoms with E-state index in [1.54, 1.807) is 11.3 Å². The fraction of sp³-hybridized carbons (Fsp3) is 0.381. The number of hydrogen-bond donors (Lipinski definition) is 2. The van der Waals surface area contributed by atoms with Crippen molar-refractivity contribution in [3.8, 4) is 22.2 Å². The molecule has 1 aromatic carbocycles. The minimum atomic E-state index is -0.216. The average Bonchev–Trinajstić information content (AvgIpc) is 3.41. The van der Waals surface area contributed by atoms with E-state index < -0.39 is 0 Å². The van der Waals surface area contributed by atoms with E-state index in [2.05, 4.69) is 35.4 Å². The predicted molar refractivity (Wildman–Crippen MR) is 119 cm³/mol. The summed E-state index contributed by atoms with van der Waals surface area (Å²) in [7, 11) is 0. The zero-order chi connectivity index (χ0) is 21.1. The number of nitrogens with zero attached hydrogens (tertiary/aromatic N) is 2. The number of rotatable bonds is 8. The first kappa shape index (κ1) is 20.6. The summed E-state index contributed by atoms with van der Waals surface area (Å²) < 4.78 is 14.2. The topological polar surface area (TPSA) is 81.2 Å². The first-order valence-electron chi connectivity index (χ1n) is 9.82. The van der Waals surface area contributed by atoms with Crippen LogP contribution in [0.2, 0.25) is 0 Å². The van der Waals surface area contributed by atoms with Gasteiger partial charge in [-0.15, -0.1) is 11.3 Å². The molecule has 9 heteroatoms. The van der Waals surface area contributed by atoms with Crippen molar-refractivity contribution in [2.24, 2.45) is 0 Å². The van der Waals surface area contributed by atoms with Gasteiger partial charge in [0.15, 0.2) is 22.1 Å². The molecule has 30 heavy (non-hydrogen) atoms. The number of nitrogens with one attached hydrogen (secondary N) is 2. The van der Waals surface area contributed by atoms with E-state index in [-0.39, 0.29) is 11.5 Å². The van der Waals surface area contributed by atoms with Gasteiger partial charge in [0, 0.05) is 24.9 Å². The highest BCUT2D eigenvalue weighted by molar-refractivity contribution is 7.71. The average molecular weight is 445 g/mol. The molecule has 2 N–H and O–H groups in total. The van der Waals surface area contributed by atoms with Gasteiger partial charge in [0.1, 0.15) is 12.2 Å². The molecule has 0 bridgehead atoms. The molecule has 0 atom stereocenters. The van der Waals surface area contributed by atoms with Gasteiger partial charge < -0.3 is 14.8 Å². The summed E-state index contributed by atoms with van der Waals surface area (Å²) in [6.07, 6.45) is 1.17. The molecule has 1 aliphatic rings. The molecule has 0 spiro atoms. The molecule has 4 rings (SSSR count). The highest BCUT2D eigenvalue weighted by Crippen LogP contribution is 2.41. The summed E-state index contributed by atoms with van der Waals surface area (Å²) >= 11 is 6.88. The third kappa shape index (κ3) is 4.57. The number of hydrogen-bond acceptors (Lipinski definition) is 6. The van der Waals surface area contributed by atoms with Gasteiger partial charge >= 0.3 is 0 Å². The molecule has 0 saturated heterocycles. The molecule has 3 heterocycles. The molecular formula is C21H24N4O3S2. The molecule has 1 aliphatic heterocycles. The van der Waals surface area contributed by atoms with Crippen LogP contribution < -0.4 is 14.8 Å². The molecule has 158 valence electrons. The van der Waals surface area contributed by atoms with Crippen molar-refractivity contribution in [3.05, 3.63) is 46.0 Å². The number of thiophene rings is 1. The number of carbonyl (C=O) groups excluding carboxylic acids is 1. The van der Waals surface area contributed by atoms with Crippen LogP contribution in [0.15, 0.2) is 35.7 Å². The van der Waals surface area contributed by atoms with Crippen LogP contribution in [0.5, 0.6) is 11.5 Å². The largest absolute Gasteiger partial charge is 0.488 e. The summed E-state index contributed by atoms with van der Waals surface area (Å²) in [5, 5.41) is 12.0. The zero-order valence-electron chi connectivity index (χ0n) is 16.9. The van der Waals surface area contributed by atoms with Crippen LogP contribution in [-0.2, 0) is 17.8 Å². The van der Waals surface area contributed by atoms with Gasteiger partial charge in [0.05, 0.1) is 11.4 Å². The maximum atomic E-state index is 12.3. The van der Waals surface area contributed by atoms with Crippen molar-refractivity contribution in [3.63, 3.8) is 0 Å². The van der Waals surface area contributed by atoms with Crippen molar-refractivity contribution >= 4 is 29.5 Å². The summed E-state index contributed by atoms with van der Waals surface area (Å²) in [6.45, 7) is 5.38. The lowest BCUT2D eigenvalue weighted by molar-refractivity contribution is -0.121. The van der Waals surface area contributed by atoms with Crippen LogP contribution in [0.25, 0.3) is 10.7 Å². The van der Waals surface area contributed by atoms with E-state index in [1.807, 2.05) is 34.2 Å². The van der Waals surface area contributed by atoms with Crippen molar-refractivity contribution in [1.29, 1.82) is 0 Å². The summed E-state index contributed by atoms with van der Waals surface area (Å²) in [6, 6.07) is 9.87. The second kappa shape index (κ2) is 8.61. The van der Waals surface area contributed by atoms with Gasteiger partial charge in [0.25, 0.3) is 0 Å². The number of amides is 1. The van der Waals surface area contributed by atoms with Gasteiger partial charge in [-0.2, -0.15) is 5.10 Å². The van der Waals surface area contributed by atoms with Crippen molar-refractivity contribution in [2.75, 3.05) is 13.2 Å². The van der Waals surface area contributed by atoms with Crippen LogP contribution in [0, 0.1) is 4.77 Å². The standard InChI is InChI=1S/C21H24N4O3S2/c1-21(2)13-14-5-3-6-15(18(14)28-21)27-11-9-22-17(26)8-10-25-19(23-24-20(25)29)16-7-4-12-30-16/h3-7,12H,8-11,13H2,1-2H3,(H,22,26)(H,24,29). The monoisotopic (exact) mass is 444 g/mol. The first-order valence-corrected chi connectivity index (χ1v) is 11.1. The number of benzene rings is 1. The fourth-order valence-electron chi connectivity index (χ4n) is 3.47. The molecule has 0 aliphatic carbocycles. The van der Waals surface area contributed by atoms with E-state index in [1.165, 1.54) is 0 Å². The van der Waals surface area contributed by atoms with Crippen LogP contribution in [-0.4, -0.2) is 39.4 Å². The normalized spacial score (nSPS) is 14.2. The van der Waals surface area contributed by atoms with Gasteiger partial charge in [-0.25, -0.2) is 0 Å².